The highest BCUT2D eigenvalue weighted by atomic mass is 32.2. The van der Waals surface area contributed by atoms with Crippen LogP contribution in [0.15, 0.2) is 59.5 Å². The largest absolute Gasteiger partial charge is 0.452 e. The van der Waals surface area contributed by atoms with E-state index in [4.69, 9.17) is 4.74 Å². The highest BCUT2D eigenvalue weighted by molar-refractivity contribution is 7.89. The Morgan fingerprint density at radius 3 is 2.34 bits per heavy atom. The van der Waals surface area contributed by atoms with Crippen molar-refractivity contribution in [1.82, 2.24) is 10.0 Å². The highest BCUT2D eigenvalue weighted by Gasteiger charge is 2.20. The summed E-state index contributed by atoms with van der Waals surface area (Å²) in [5.41, 5.74) is 0.870. The SMILES string of the molecule is CNS(=O)(=O)c1cccc(C(=O)OCC(=O)N[C@@H](Cc2ccccc2)C(C)=O)c1. The van der Waals surface area contributed by atoms with E-state index in [-0.39, 0.29) is 16.2 Å². The van der Waals surface area contributed by atoms with Crippen LogP contribution >= 0.6 is 0 Å². The van der Waals surface area contributed by atoms with Gasteiger partial charge in [0.05, 0.1) is 16.5 Å². The molecule has 0 fully saturated rings. The Labute approximate surface area is 169 Å². The van der Waals surface area contributed by atoms with Crippen LogP contribution in [0.3, 0.4) is 0 Å². The van der Waals surface area contributed by atoms with Crippen molar-refractivity contribution < 1.29 is 27.5 Å². The lowest BCUT2D eigenvalue weighted by Gasteiger charge is -2.16. The van der Waals surface area contributed by atoms with Crippen LogP contribution in [0.5, 0.6) is 0 Å². The van der Waals surface area contributed by atoms with Gasteiger partial charge < -0.3 is 10.1 Å². The second-order valence-corrected chi connectivity index (χ2v) is 8.12. The molecule has 0 unspecified atom stereocenters. The van der Waals surface area contributed by atoms with E-state index in [0.29, 0.717) is 6.42 Å². The molecule has 0 aliphatic heterocycles. The first-order valence-corrected chi connectivity index (χ1v) is 10.3. The molecule has 154 valence electrons. The summed E-state index contributed by atoms with van der Waals surface area (Å²) in [6, 6.07) is 13.7. The van der Waals surface area contributed by atoms with Gasteiger partial charge in [0.2, 0.25) is 10.0 Å². The van der Waals surface area contributed by atoms with Crippen LogP contribution in [0.4, 0.5) is 0 Å². The van der Waals surface area contributed by atoms with Crippen LogP contribution in [0.2, 0.25) is 0 Å². The summed E-state index contributed by atoms with van der Waals surface area (Å²) in [5.74, 6) is -1.71. The molecule has 0 saturated heterocycles. The van der Waals surface area contributed by atoms with Gasteiger partial charge in [0.1, 0.15) is 0 Å². The minimum atomic E-state index is -3.72. The Hall–Kier alpha value is -3.04. The molecule has 0 heterocycles. The number of nitrogens with one attached hydrogen (secondary N) is 2. The maximum atomic E-state index is 12.1. The number of carbonyl (C=O) groups is 3. The standard InChI is InChI=1S/C20H22N2O6S/c1-14(23)18(11-15-7-4-3-5-8-15)22-19(24)13-28-20(25)16-9-6-10-17(12-16)29(26,27)21-2/h3-10,12,18,21H,11,13H2,1-2H3,(H,22,24)/t18-/m0/s1. The third-order valence-electron chi connectivity index (χ3n) is 4.09. The quantitative estimate of drug-likeness (QED) is 0.588. The van der Waals surface area contributed by atoms with Gasteiger partial charge in [-0.25, -0.2) is 17.9 Å². The van der Waals surface area contributed by atoms with Crippen LogP contribution in [-0.4, -0.2) is 45.8 Å². The van der Waals surface area contributed by atoms with Gasteiger partial charge in [0.15, 0.2) is 12.4 Å². The predicted octanol–water partition coefficient (Wildman–Crippen LogP) is 1.07. The average molecular weight is 418 g/mol. The van der Waals surface area contributed by atoms with Gasteiger partial charge in [0, 0.05) is 0 Å². The molecule has 0 aliphatic carbocycles. The van der Waals surface area contributed by atoms with Crippen molar-refractivity contribution in [3.63, 3.8) is 0 Å². The highest BCUT2D eigenvalue weighted by Crippen LogP contribution is 2.12. The van der Waals surface area contributed by atoms with Gasteiger partial charge in [-0.15, -0.1) is 0 Å². The van der Waals surface area contributed by atoms with Gasteiger partial charge >= 0.3 is 5.97 Å². The molecule has 1 amide bonds. The number of hydrogen-bond donors (Lipinski definition) is 2. The molecule has 0 aliphatic rings. The number of ether oxygens (including phenoxy) is 1. The van der Waals surface area contributed by atoms with Gasteiger partial charge in [-0.2, -0.15) is 0 Å². The fourth-order valence-corrected chi connectivity index (χ4v) is 3.28. The van der Waals surface area contributed by atoms with Crippen LogP contribution in [0, 0.1) is 0 Å². The zero-order valence-electron chi connectivity index (χ0n) is 16.0. The average Bonchev–Trinajstić information content (AvgIpc) is 2.72. The summed E-state index contributed by atoms with van der Waals surface area (Å²) in [6.45, 7) is 0.772. The Balaban J connectivity index is 1.96. The molecular weight excluding hydrogens is 396 g/mol. The fraction of sp³-hybridized carbons (Fsp3) is 0.250. The molecule has 0 bridgehead atoms. The number of ketones is 1. The summed E-state index contributed by atoms with van der Waals surface area (Å²) in [7, 11) is -2.46. The molecule has 1 atom stereocenters. The molecule has 29 heavy (non-hydrogen) atoms. The molecule has 0 radical (unpaired) electrons. The van der Waals surface area contributed by atoms with E-state index in [2.05, 4.69) is 10.0 Å². The van der Waals surface area contributed by atoms with Crippen molar-refractivity contribution in [2.75, 3.05) is 13.7 Å². The molecule has 9 heteroatoms. The second kappa shape index (κ2) is 9.94. The molecule has 8 nitrogen and oxygen atoms in total. The maximum absolute atomic E-state index is 12.1. The lowest BCUT2D eigenvalue weighted by Crippen LogP contribution is -2.43. The summed E-state index contributed by atoms with van der Waals surface area (Å²) < 4.78 is 30.7. The maximum Gasteiger partial charge on any atom is 0.338 e. The molecule has 0 aromatic heterocycles. The van der Waals surface area contributed by atoms with Gasteiger partial charge in [-0.1, -0.05) is 36.4 Å². The Morgan fingerprint density at radius 1 is 1.03 bits per heavy atom. The number of benzene rings is 2. The van der Waals surface area contributed by atoms with E-state index in [1.807, 2.05) is 30.3 Å². The number of carbonyl (C=O) groups excluding carboxylic acids is 3. The number of Topliss-reactive ketones (excluding diaryl/α,β-unsaturated/α-hetero) is 1. The molecule has 2 aromatic rings. The van der Waals surface area contributed by atoms with Crippen molar-refractivity contribution in [3.05, 3.63) is 65.7 Å². The monoisotopic (exact) mass is 418 g/mol. The van der Waals surface area contributed by atoms with Gasteiger partial charge in [-0.3, -0.25) is 9.59 Å². The summed E-state index contributed by atoms with van der Waals surface area (Å²) in [4.78, 5) is 36.0. The number of esters is 1. The Bertz CT molecular complexity index is 989. The molecule has 0 spiro atoms. The number of sulfonamides is 1. The topological polar surface area (TPSA) is 119 Å². The van der Waals surface area contributed by atoms with Crippen molar-refractivity contribution in [3.8, 4) is 0 Å². The van der Waals surface area contributed by atoms with E-state index in [1.54, 1.807) is 0 Å². The van der Waals surface area contributed by atoms with Crippen LogP contribution < -0.4 is 10.0 Å². The van der Waals surface area contributed by atoms with Crippen LogP contribution in [-0.2, 0) is 30.8 Å². The number of rotatable bonds is 9. The van der Waals surface area contributed by atoms with Gasteiger partial charge in [0.25, 0.3) is 5.91 Å². The first-order valence-electron chi connectivity index (χ1n) is 8.77. The molecular formula is C20H22N2O6S. The first kappa shape index (κ1) is 22.3. The van der Waals surface area contributed by atoms with E-state index in [9.17, 15) is 22.8 Å². The van der Waals surface area contributed by atoms with E-state index >= 15 is 0 Å². The van der Waals surface area contributed by atoms with E-state index in [0.717, 1.165) is 11.6 Å². The first-order chi connectivity index (χ1) is 13.7. The van der Waals surface area contributed by atoms with Crippen LogP contribution in [0.1, 0.15) is 22.8 Å². The third-order valence-corrected chi connectivity index (χ3v) is 5.50. The van der Waals surface area contributed by atoms with Gasteiger partial charge in [-0.05, 0) is 44.2 Å². The zero-order valence-corrected chi connectivity index (χ0v) is 16.9. The molecule has 2 rings (SSSR count). The van der Waals surface area contributed by atoms with Crippen molar-refractivity contribution >= 4 is 27.7 Å². The lowest BCUT2D eigenvalue weighted by atomic mass is 10.0. The smallest absolute Gasteiger partial charge is 0.338 e. The normalized spacial score (nSPS) is 12.1. The van der Waals surface area contributed by atoms with Crippen molar-refractivity contribution in [1.29, 1.82) is 0 Å². The summed E-state index contributed by atoms with van der Waals surface area (Å²) >= 11 is 0. The second-order valence-electron chi connectivity index (χ2n) is 6.23. The number of hydrogen-bond acceptors (Lipinski definition) is 6. The Kier molecular flexibility index (Phi) is 7.63. The Morgan fingerprint density at radius 2 is 1.72 bits per heavy atom. The summed E-state index contributed by atoms with van der Waals surface area (Å²) in [6.07, 6.45) is 0.319. The molecule has 2 aromatic carbocycles. The fourth-order valence-electron chi connectivity index (χ4n) is 2.50. The minimum absolute atomic E-state index is 0.0125. The number of amides is 1. The molecule has 2 N–H and O–H groups in total. The summed E-state index contributed by atoms with van der Waals surface area (Å²) in [5, 5.41) is 2.54. The van der Waals surface area contributed by atoms with Crippen molar-refractivity contribution in [2.45, 2.75) is 24.3 Å². The van der Waals surface area contributed by atoms with E-state index < -0.39 is 34.5 Å². The van der Waals surface area contributed by atoms with Crippen molar-refractivity contribution in [2.24, 2.45) is 0 Å². The zero-order chi connectivity index (χ0) is 21.4. The van der Waals surface area contributed by atoms with E-state index in [1.165, 1.54) is 32.2 Å². The van der Waals surface area contributed by atoms with Crippen LogP contribution in [0.25, 0.3) is 0 Å². The third kappa shape index (κ3) is 6.51. The predicted molar refractivity (Wildman–Crippen MR) is 106 cm³/mol. The molecule has 0 saturated carbocycles. The lowest BCUT2D eigenvalue weighted by molar-refractivity contribution is -0.128. The minimum Gasteiger partial charge on any atom is -0.452 e.